The lowest BCUT2D eigenvalue weighted by atomic mass is 9.94. The van der Waals surface area contributed by atoms with Gasteiger partial charge in [-0.1, -0.05) is 25.3 Å². The van der Waals surface area contributed by atoms with E-state index in [2.05, 4.69) is 34.8 Å². The van der Waals surface area contributed by atoms with E-state index < -0.39 is 0 Å². The first kappa shape index (κ1) is 21.8. The molecule has 1 N–H and O–H groups in total. The monoisotopic (exact) mass is 440 g/mol. The minimum Gasteiger partial charge on any atom is -0.465 e. The van der Waals surface area contributed by atoms with Crippen molar-refractivity contribution in [1.82, 2.24) is 19.8 Å². The number of thiocarbonyl (C=S) groups is 1. The van der Waals surface area contributed by atoms with Crippen molar-refractivity contribution in [2.75, 3.05) is 13.2 Å². The number of ether oxygens (including phenoxy) is 1. The Morgan fingerprint density at radius 1 is 1.26 bits per heavy atom. The van der Waals surface area contributed by atoms with Gasteiger partial charge in [0, 0.05) is 23.6 Å². The molecule has 4 rings (SSSR count). The van der Waals surface area contributed by atoms with E-state index in [1.165, 1.54) is 49.1 Å². The van der Waals surface area contributed by atoms with Crippen LogP contribution in [0.4, 0.5) is 0 Å². The summed E-state index contributed by atoms with van der Waals surface area (Å²) in [6.45, 7) is 6.70. The third-order valence-electron chi connectivity index (χ3n) is 6.58. The molecule has 1 saturated carbocycles. The van der Waals surface area contributed by atoms with E-state index in [1.54, 1.807) is 6.20 Å². The lowest BCUT2D eigenvalue weighted by molar-refractivity contribution is -0.143. The normalized spacial score (nSPS) is 21.9. The Kier molecular flexibility index (Phi) is 6.60. The van der Waals surface area contributed by atoms with Gasteiger partial charge in [0.2, 0.25) is 0 Å². The zero-order chi connectivity index (χ0) is 22.0. The first-order valence-corrected chi connectivity index (χ1v) is 11.7. The number of hydrogen-bond acceptors (Lipinski definition) is 4. The highest BCUT2D eigenvalue weighted by molar-refractivity contribution is 7.80. The molecule has 6 nitrogen and oxygen atoms in total. The van der Waals surface area contributed by atoms with Gasteiger partial charge in [0.25, 0.3) is 0 Å². The molecule has 31 heavy (non-hydrogen) atoms. The first-order chi connectivity index (χ1) is 15.0. The summed E-state index contributed by atoms with van der Waals surface area (Å²) in [7, 11) is 0. The van der Waals surface area contributed by atoms with E-state index in [1.807, 2.05) is 30.0 Å². The Morgan fingerprint density at radius 3 is 2.71 bits per heavy atom. The van der Waals surface area contributed by atoms with Gasteiger partial charge in [0.1, 0.15) is 6.54 Å². The van der Waals surface area contributed by atoms with Gasteiger partial charge in [0.05, 0.1) is 24.4 Å². The second kappa shape index (κ2) is 9.39. The molecule has 166 valence electrons. The van der Waals surface area contributed by atoms with Gasteiger partial charge in [0.15, 0.2) is 5.11 Å². The average molecular weight is 441 g/mol. The van der Waals surface area contributed by atoms with E-state index in [-0.39, 0.29) is 24.6 Å². The summed E-state index contributed by atoms with van der Waals surface area (Å²) < 4.78 is 7.75. The molecule has 2 atom stereocenters. The highest BCUT2D eigenvalue weighted by atomic mass is 32.1. The van der Waals surface area contributed by atoms with Crippen molar-refractivity contribution in [2.45, 2.75) is 71.0 Å². The lowest BCUT2D eigenvalue weighted by Crippen LogP contribution is -2.35. The maximum absolute atomic E-state index is 12.4. The Labute approximate surface area is 190 Å². The molecular formula is C24H32N4O2S. The fourth-order valence-corrected chi connectivity index (χ4v) is 5.57. The van der Waals surface area contributed by atoms with Crippen molar-refractivity contribution >= 4 is 23.3 Å². The largest absolute Gasteiger partial charge is 0.465 e. The van der Waals surface area contributed by atoms with Gasteiger partial charge < -0.3 is 19.5 Å². The van der Waals surface area contributed by atoms with Crippen LogP contribution in [0.2, 0.25) is 0 Å². The number of carbonyl (C=O) groups is 1. The summed E-state index contributed by atoms with van der Waals surface area (Å²) in [6.07, 6.45) is 8.17. The summed E-state index contributed by atoms with van der Waals surface area (Å²) in [6, 6.07) is 8.51. The van der Waals surface area contributed by atoms with Crippen molar-refractivity contribution in [2.24, 2.45) is 0 Å². The molecule has 0 unspecified atom stereocenters. The van der Waals surface area contributed by atoms with Gasteiger partial charge >= 0.3 is 5.97 Å². The number of hydrogen-bond donors (Lipinski definition) is 1. The minimum atomic E-state index is -0.264. The number of esters is 1. The van der Waals surface area contributed by atoms with Crippen LogP contribution >= 0.6 is 12.2 Å². The molecule has 1 saturated heterocycles. The molecular weight excluding hydrogens is 408 g/mol. The standard InChI is InChI=1S/C24H32N4O2S/c1-4-30-21(29)15-27-23(22(26-24(27)31)20-12-8-9-13-25-20)19-14-16(2)28(17(19)3)18-10-6-5-7-11-18/h8-9,12-14,18,22-23H,4-7,10-11,15H2,1-3H3,(H,26,31)/t22-,23+/m1/s1. The van der Waals surface area contributed by atoms with Crippen LogP contribution in [0.3, 0.4) is 0 Å². The zero-order valence-corrected chi connectivity index (χ0v) is 19.5. The van der Waals surface area contributed by atoms with Crippen LogP contribution in [0.25, 0.3) is 0 Å². The van der Waals surface area contributed by atoms with Crippen molar-refractivity contribution in [3.8, 4) is 0 Å². The zero-order valence-electron chi connectivity index (χ0n) is 18.6. The quantitative estimate of drug-likeness (QED) is 0.526. The number of pyridine rings is 1. The lowest BCUT2D eigenvalue weighted by Gasteiger charge is -2.29. The highest BCUT2D eigenvalue weighted by Gasteiger charge is 2.42. The van der Waals surface area contributed by atoms with Gasteiger partial charge in [-0.15, -0.1) is 0 Å². The molecule has 2 aromatic heterocycles. The predicted octanol–water partition coefficient (Wildman–Crippen LogP) is 4.54. The Hall–Kier alpha value is -2.41. The molecule has 0 radical (unpaired) electrons. The summed E-state index contributed by atoms with van der Waals surface area (Å²) >= 11 is 5.68. The smallest absolute Gasteiger partial charge is 0.325 e. The van der Waals surface area contributed by atoms with Crippen LogP contribution in [0.15, 0.2) is 30.5 Å². The summed E-state index contributed by atoms with van der Waals surface area (Å²) in [5.74, 6) is -0.264. The van der Waals surface area contributed by atoms with Crippen molar-refractivity contribution in [3.63, 3.8) is 0 Å². The molecule has 2 aliphatic rings. The van der Waals surface area contributed by atoms with Gasteiger partial charge in [-0.05, 0) is 69.6 Å². The Bertz CT molecular complexity index is 937. The second-order valence-electron chi connectivity index (χ2n) is 8.55. The van der Waals surface area contributed by atoms with Crippen molar-refractivity contribution in [1.29, 1.82) is 0 Å². The maximum atomic E-state index is 12.4. The van der Waals surface area contributed by atoms with Crippen molar-refractivity contribution in [3.05, 3.63) is 53.1 Å². The predicted molar refractivity (Wildman–Crippen MR) is 125 cm³/mol. The van der Waals surface area contributed by atoms with E-state index in [9.17, 15) is 4.79 Å². The van der Waals surface area contributed by atoms with Crippen LogP contribution in [0.1, 0.15) is 79.8 Å². The summed E-state index contributed by atoms with van der Waals surface area (Å²) in [5.41, 5.74) is 4.66. The molecule has 0 spiro atoms. The van der Waals surface area contributed by atoms with Gasteiger partial charge in [-0.25, -0.2) is 0 Å². The average Bonchev–Trinajstić information content (AvgIpc) is 3.25. The number of rotatable bonds is 6. The molecule has 0 bridgehead atoms. The van der Waals surface area contributed by atoms with Crippen LogP contribution < -0.4 is 5.32 Å². The highest BCUT2D eigenvalue weighted by Crippen LogP contribution is 2.42. The number of nitrogens with zero attached hydrogens (tertiary/aromatic N) is 3. The van der Waals surface area contributed by atoms with Crippen LogP contribution in [-0.4, -0.2) is 38.7 Å². The minimum absolute atomic E-state index is 0.115. The summed E-state index contributed by atoms with van der Waals surface area (Å²) in [5, 5.41) is 4.00. The topological polar surface area (TPSA) is 59.4 Å². The number of aryl methyl sites for hydroxylation is 1. The Morgan fingerprint density at radius 2 is 2.03 bits per heavy atom. The third-order valence-corrected chi connectivity index (χ3v) is 6.94. The fraction of sp³-hybridized carbons (Fsp3) is 0.542. The van der Waals surface area contributed by atoms with Crippen LogP contribution in [0, 0.1) is 13.8 Å². The molecule has 0 aromatic carbocycles. The van der Waals surface area contributed by atoms with Gasteiger partial charge in [-0.2, -0.15) is 0 Å². The molecule has 0 amide bonds. The van der Waals surface area contributed by atoms with E-state index in [0.717, 1.165) is 5.69 Å². The van der Waals surface area contributed by atoms with Crippen LogP contribution in [0.5, 0.6) is 0 Å². The molecule has 1 aliphatic heterocycles. The summed E-state index contributed by atoms with van der Waals surface area (Å²) in [4.78, 5) is 19.0. The SMILES string of the molecule is CCOC(=O)CN1C(=S)N[C@H](c2ccccn2)[C@@H]1c1cc(C)n(C2CCCCC2)c1C. The molecule has 3 heterocycles. The molecule has 1 aliphatic carbocycles. The van der Waals surface area contributed by atoms with E-state index in [0.29, 0.717) is 17.8 Å². The number of carbonyl (C=O) groups excluding carboxylic acids is 1. The van der Waals surface area contributed by atoms with Crippen LogP contribution in [-0.2, 0) is 9.53 Å². The molecule has 2 fully saturated rings. The molecule has 2 aromatic rings. The number of nitrogens with one attached hydrogen (secondary N) is 1. The van der Waals surface area contributed by atoms with Crippen molar-refractivity contribution < 1.29 is 9.53 Å². The fourth-order valence-electron chi connectivity index (χ4n) is 5.26. The Balaban J connectivity index is 1.75. The van der Waals surface area contributed by atoms with Gasteiger partial charge in [-0.3, -0.25) is 9.78 Å². The second-order valence-corrected chi connectivity index (χ2v) is 8.93. The first-order valence-electron chi connectivity index (χ1n) is 11.3. The maximum Gasteiger partial charge on any atom is 0.325 e. The number of aromatic nitrogens is 2. The third kappa shape index (κ3) is 4.33. The van der Waals surface area contributed by atoms with E-state index >= 15 is 0 Å². The molecule has 7 heteroatoms. The van der Waals surface area contributed by atoms with E-state index in [4.69, 9.17) is 17.0 Å².